The van der Waals surface area contributed by atoms with Gasteiger partial charge >= 0.3 is 0 Å². The van der Waals surface area contributed by atoms with Crippen LogP contribution < -0.4 is 5.32 Å². The largest absolute Gasteiger partial charge is 0.338 e. The summed E-state index contributed by atoms with van der Waals surface area (Å²) in [7, 11) is 0. The Labute approximate surface area is 217 Å². The number of nitrogens with zero attached hydrogens (tertiary/aromatic N) is 6. The van der Waals surface area contributed by atoms with E-state index >= 15 is 0 Å². The molecule has 0 spiro atoms. The number of piperazine rings is 1. The van der Waals surface area contributed by atoms with Crippen LogP contribution in [0.15, 0.2) is 59.1 Å². The Balaban J connectivity index is 1.08. The van der Waals surface area contributed by atoms with E-state index in [0.29, 0.717) is 24.7 Å². The van der Waals surface area contributed by atoms with Crippen molar-refractivity contribution in [3.8, 4) is 17.1 Å². The lowest BCUT2D eigenvalue weighted by atomic mass is 10.1. The van der Waals surface area contributed by atoms with Crippen molar-refractivity contribution >= 4 is 11.6 Å². The second-order valence-electron chi connectivity index (χ2n) is 9.59. The molecule has 4 aromatic rings. The summed E-state index contributed by atoms with van der Waals surface area (Å²) < 4.78 is 7.36. The highest BCUT2D eigenvalue weighted by atomic mass is 16.5. The maximum Gasteiger partial charge on any atom is 0.241 e. The van der Waals surface area contributed by atoms with E-state index in [1.807, 2.05) is 73.1 Å². The summed E-state index contributed by atoms with van der Waals surface area (Å²) in [5.41, 5.74) is 5.68. The minimum Gasteiger partial charge on any atom is -0.338 e. The first-order valence-electron chi connectivity index (χ1n) is 12.7. The molecule has 0 saturated carbocycles. The van der Waals surface area contributed by atoms with Crippen LogP contribution in [0.2, 0.25) is 0 Å². The van der Waals surface area contributed by atoms with E-state index in [2.05, 4.69) is 37.3 Å². The standard InChI is InChI=1S/C28H33N7O2/c1-20-9-11-23(12-10-20)28-30-26(37-32-28)19-34-17-15-33(16-18-34)14-13-25(36)29-27-21(2)31-35(22(27)3)24-7-5-4-6-8-24/h4-12H,13-19H2,1-3H3,(H,29,36). The molecule has 1 fully saturated rings. The Hall–Kier alpha value is -3.82. The third-order valence-electron chi connectivity index (χ3n) is 6.81. The van der Waals surface area contributed by atoms with Gasteiger partial charge < -0.3 is 14.7 Å². The lowest BCUT2D eigenvalue weighted by molar-refractivity contribution is -0.116. The summed E-state index contributed by atoms with van der Waals surface area (Å²) in [6.07, 6.45) is 0.443. The van der Waals surface area contributed by atoms with Crippen molar-refractivity contribution in [3.63, 3.8) is 0 Å². The molecule has 192 valence electrons. The number of carbonyl (C=O) groups excluding carboxylic acids is 1. The van der Waals surface area contributed by atoms with E-state index in [-0.39, 0.29) is 5.91 Å². The molecule has 0 aliphatic carbocycles. The van der Waals surface area contributed by atoms with Gasteiger partial charge in [0.05, 0.1) is 29.3 Å². The van der Waals surface area contributed by atoms with E-state index in [9.17, 15) is 4.79 Å². The fourth-order valence-corrected chi connectivity index (χ4v) is 4.61. The molecule has 0 bridgehead atoms. The Morgan fingerprint density at radius 1 is 0.946 bits per heavy atom. The van der Waals surface area contributed by atoms with Crippen molar-refractivity contribution in [2.45, 2.75) is 33.7 Å². The molecule has 2 aromatic carbocycles. The highest BCUT2D eigenvalue weighted by Crippen LogP contribution is 2.23. The predicted molar refractivity (Wildman–Crippen MR) is 142 cm³/mol. The summed E-state index contributed by atoms with van der Waals surface area (Å²) in [6, 6.07) is 18.1. The summed E-state index contributed by atoms with van der Waals surface area (Å²) >= 11 is 0. The molecule has 0 radical (unpaired) electrons. The van der Waals surface area contributed by atoms with Crippen molar-refractivity contribution in [1.82, 2.24) is 29.7 Å². The summed E-state index contributed by atoms with van der Waals surface area (Å²) in [6.45, 7) is 10.9. The third kappa shape index (κ3) is 5.95. The molecule has 37 heavy (non-hydrogen) atoms. The average Bonchev–Trinajstić information content (AvgIpc) is 3.49. The molecule has 3 heterocycles. The van der Waals surface area contributed by atoms with Gasteiger partial charge in [-0.25, -0.2) is 4.68 Å². The van der Waals surface area contributed by atoms with Gasteiger partial charge in [0.2, 0.25) is 17.6 Å². The van der Waals surface area contributed by atoms with E-state index in [0.717, 1.165) is 61.0 Å². The van der Waals surface area contributed by atoms with Crippen molar-refractivity contribution in [2.24, 2.45) is 0 Å². The zero-order valence-electron chi connectivity index (χ0n) is 21.6. The molecule has 0 atom stereocenters. The van der Waals surface area contributed by atoms with Crippen molar-refractivity contribution < 1.29 is 9.32 Å². The number of benzene rings is 2. The van der Waals surface area contributed by atoms with Crippen LogP contribution in [0.4, 0.5) is 5.69 Å². The molecule has 2 aromatic heterocycles. The van der Waals surface area contributed by atoms with Crippen LogP contribution in [0, 0.1) is 20.8 Å². The van der Waals surface area contributed by atoms with Crippen LogP contribution in [0.25, 0.3) is 17.1 Å². The average molecular weight is 500 g/mol. The zero-order valence-corrected chi connectivity index (χ0v) is 21.6. The lowest BCUT2D eigenvalue weighted by Gasteiger charge is -2.33. The van der Waals surface area contributed by atoms with Gasteiger partial charge in [-0.3, -0.25) is 9.69 Å². The normalized spacial score (nSPS) is 14.7. The molecule has 0 unspecified atom stereocenters. The Bertz CT molecular complexity index is 1340. The number of para-hydroxylation sites is 1. The number of nitrogens with one attached hydrogen (secondary N) is 1. The smallest absolute Gasteiger partial charge is 0.241 e. The highest BCUT2D eigenvalue weighted by Gasteiger charge is 2.21. The van der Waals surface area contributed by atoms with Crippen LogP contribution in [-0.2, 0) is 11.3 Å². The first kappa shape index (κ1) is 24.9. The molecule has 1 aliphatic rings. The Morgan fingerprint density at radius 2 is 1.65 bits per heavy atom. The topological polar surface area (TPSA) is 92.3 Å². The fourth-order valence-electron chi connectivity index (χ4n) is 4.61. The summed E-state index contributed by atoms with van der Waals surface area (Å²) in [5.74, 6) is 1.26. The van der Waals surface area contributed by atoms with Crippen LogP contribution in [0.3, 0.4) is 0 Å². The Morgan fingerprint density at radius 3 is 2.38 bits per heavy atom. The third-order valence-corrected chi connectivity index (χ3v) is 6.81. The molecule has 5 rings (SSSR count). The van der Waals surface area contributed by atoms with Crippen molar-refractivity contribution in [2.75, 3.05) is 38.0 Å². The van der Waals surface area contributed by atoms with Crippen LogP contribution in [0.5, 0.6) is 0 Å². The van der Waals surface area contributed by atoms with Gasteiger partial charge in [0, 0.05) is 44.7 Å². The van der Waals surface area contributed by atoms with Gasteiger partial charge in [0.15, 0.2) is 0 Å². The zero-order chi connectivity index (χ0) is 25.8. The number of aryl methyl sites for hydroxylation is 2. The van der Waals surface area contributed by atoms with E-state index in [4.69, 9.17) is 4.52 Å². The monoisotopic (exact) mass is 499 g/mol. The number of amides is 1. The number of hydrogen-bond acceptors (Lipinski definition) is 7. The lowest BCUT2D eigenvalue weighted by Crippen LogP contribution is -2.46. The van der Waals surface area contributed by atoms with Gasteiger partial charge in [-0.2, -0.15) is 10.1 Å². The van der Waals surface area contributed by atoms with Gasteiger partial charge in [-0.1, -0.05) is 53.2 Å². The first-order valence-corrected chi connectivity index (χ1v) is 12.7. The summed E-state index contributed by atoms with van der Waals surface area (Å²) in [5, 5.41) is 11.8. The molecule has 9 heteroatoms. The van der Waals surface area contributed by atoms with E-state index in [1.54, 1.807) is 0 Å². The second kappa shape index (κ2) is 11.1. The molecular weight excluding hydrogens is 466 g/mol. The van der Waals surface area contributed by atoms with Gasteiger partial charge in [-0.05, 0) is 32.9 Å². The van der Waals surface area contributed by atoms with E-state index in [1.165, 1.54) is 5.56 Å². The SMILES string of the molecule is Cc1ccc(-c2noc(CN3CCN(CCC(=O)Nc4c(C)nn(-c5ccccc5)c4C)CC3)n2)cc1. The van der Waals surface area contributed by atoms with Crippen molar-refractivity contribution in [1.29, 1.82) is 0 Å². The van der Waals surface area contributed by atoms with Crippen LogP contribution in [0.1, 0.15) is 29.3 Å². The van der Waals surface area contributed by atoms with Crippen LogP contribution >= 0.6 is 0 Å². The first-order chi connectivity index (χ1) is 18.0. The predicted octanol–water partition coefficient (Wildman–Crippen LogP) is 3.99. The number of hydrogen-bond donors (Lipinski definition) is 1. The maximum absolute atomic E-state index is 12.7. The maximum atomic E-state index is 12.7. The Kier molecular flexibility index (Phi) is 7.43. The molecule has 9 nitrogen and oxygen atoms in total. The van der Waals surface area contributed by atoms with Gasteiger partial charge in [-0.15, -0.1) is 0 Å². The number of aromatic nitrogens is 4. The molecule has 1 amide bonds. The molecule has 1 N–H and O–H groups in total. The van der Waals surface area contributed by atoms with Crippen molar-refractivity contribution in [3.05, 3.63) is 77.4 Å². The second-order valence-corrected chi connectivity index (χ2v) is 9.59. The van der Waals surface area contributed by atoms with Gasteiger partial charge in [0.25, 0.3) is 0 Å². The molecule has 1 saturated heterocycles. The molecular formula is C28H33N7O2. The van der Waals surface area contributed by atoms with Gasteiger partial charge in [0.1, 0.15) is 0 Å². The minimum absolute atomic E-state index is 0.00994. The minimum atomic E-state index is 0.00994. The highest BCUT2D eigenvalue weighted by molar-refractivity contribution is 5.92. The fraction of sp³-hybridized carbons (Fsp3) is 0.357. The number of anilines is 1. The van der Waals surface area contributed by atoms with Crippen LogP contribution in [-0.4, -0.2) is 68.4 Å². The number of carbonyl (C=O) groups is 1. The number of rotatable bonds is 8. The quantitative estimate of drug-likeness (QED) is 0.392. The summed E-state index contributed by atoms with van der Waals surface area (Å²) in [4.78, 5) is 21.9. The van der Waals surface area contributed by atoms with E-state index < -0.39 is 0 Å². The molecule has 1 aliphatic heterocycles.